The van der Waals surface area contributed by atoms with Gasteiger partial charge in [-0.25, -0.2) is 0 Å². The molecule has 1 N–H and O–H groups in total. The molecule has 0 aliphatic heterocycles. The van der Waals surface area contributed by atoms with E-state index in [0.29, 0.717) is 6.04 Å². The molecule has 0 aliphatic rings. The van der Waals surface area contributed by atoms with Crippen LogP contribution in [0.5, 0.6) is 0 Å². The summed E-state index contributed by atoms with van der Waals surface area (Å²) in [5.74, 6) is 0. The molecule has 1 nitrogen and oxygen atoms in total. The molecule has 0 saturated carbocycles. The summed E-state index contributed by atoms with van der Waals surface area (Å²) < 4.78 is 2.52. The quantitative estimate of drug-likeness (QED) is 0.622. The lowest BCUT2D eigenvalue weighted by atomic mass is 10.0. The van der Waals surface area contributed by atoms with E-state index in [1.54, 1.807) is 0 Å². The molecule has 104 valence electrons. The van der Waals surface area contributed by atoms with Crippen LogP contribution in [0.4, 0.5) is 0 Å². The van der Waals surface area contributed by atoms with Crippen LogP contribution in [-0.2, 0) is 0 Å². The maximum absolute atomic E-state index is 3.65. The van der Waals surface area contributed by atoms with E-state index in [0.717, 1.165) is 6.54 Å². The average Bonchev–Trinajstić information content (AvgIpc) is 3.04. The third kappa shape index (κ3) is 2.46. The zero-order valence-corrected chi connectivity index (χ0v) is 14.7. The van der Waals surface area contributed by atoms with Crippen molar-refractivity contribution in [2.45, 2.75) is 19.9 Å². The number of nitrogens with one attached hydrogen (secondary N) is 1. The zero-order chi connectivity index (χ0) is 14.1. The molecule has 20 heavy (non-hydrogen) atoms. The van der Waals surface area contributed by atoms with Crippen LogP contribution in [0.1, 0.15) is 29.0 Å². The van der Waals surface area contributed by atoms with Crippen LogP contribution in [0, 0.1) is 6.92 Å². The molecule has 2 aromatic heterocycles. The Morgan fingerprint density at radius 3 is 2.80 bits per heavy atom. The van der Waals surface area contributed by atoms with Gasteiger partial charge in [0.25, 0.3) is 0 Å². The number of aryl methyl sites for hydroxylation is 1. The van der Waals surface area contributed by atoms with Crippen molar-refractivity contribution in [3.63, 3.8) is 0 Å². The van der Waals surface area contributed by atoms with E-state index < -0.39 is 0 Å². The van der Waals surface area contributed by atoms with E-state index in [1.807, 2.05) is 22.7 Å². The molecule has 0 saturated heterocycles. The van der Waals surface area contributed by atoms with Crippen LogP contribution in [-0.4, -0.2) is 6.54 Å². The van der Waals surface area contributed by atoms with Crippen molar-refractivity contribution < 1.29 is 0 Å². The third-order valence-corrected chi connectivity index (χ3v) is 6.52. The Hall–Kier alpha value is -0.680. The first-order chi connectivity index (χ1) is 9.72. The predicted molar refractivity (Wildman–Crippen MR) is 94.1 cm³/mol. The van der Waals surface area contributed by atoms with Gasteiger partial charge >= 0.3 is 0 Å². The second kappa shape index (κ2) is 5.98. The SMILES string of the molecule is CCNC(c1sccc1C)c1csc2c(Br)cccc12. The van der Waals surface area contributed by atoms with Crippen LogP contribution in [0.3, 0.4) is 0 Å². The molecule has 0 radical (unpaired) electrons. The minimum absolute atomic E-state index is 0.294. The number of fused-ring (bicyclic) bond motifs is 1. The highest BCUT2D eigenvalue weighted by atomic mass is 79.9. The molecule has 1 unspecified atom stereocenters. The van der Waals surface area contributed by atoms with Crippen LogP contribution >= 0.6 is 38.6 Å². The fourth-order valence-electron chi connectivity index (χ4n) is 2.49. The van der Waals surface area contributed by atoms with Gasteiger partial charge in [0, 0.05) is 14.0 Å². The van der Waals surface area contributed by atoms with Gasteiger partial charge in [0.1, 0.15) is 0 Å². The Balaban J connectivity index is 2.15. The van der Waals surface area contributed by atoms with Crippen molar-refractivity contribution in [1.82, 2.24) is 5.32 Å². The van der Waals surface area contributed by atoms with Crippen LogP contribution in [0.25, 0.3) is 10.1 Å². The van der Waals surface area contributed by atoms with Crippen molar-refractivity contribution in [3.8, 4) is 0 Å². The van der Waals surface area contributed by atoms with Crippen molar-refractivity contribution in [3.05, 3.63) is 55.5 Å². The van der Waals surface area contributed by atoms with Crippen LogP contribution < -0.4 is 5.32 Å². The van der Waals surface area contributed by atoms with E-state index >= 15 is 0 Å². The molecular formula is C16H16BrNS2. The van der Waals surface area contributed by atoms with Gasteiger partial charge < -0.3 is 5.32 Å². The predicted octanol–water partition coefficient (Wildman–Crippen LogP) is 5.73. The zero-order valence-electron chi connectivity index (χ0n) is 11.4. The number of hydrogen-bond acceptors (Lipinski definition) is 3. The largest absolute Gasteiger partial charge is 0.306 e. The fraction of sp³-hybridized carbons (Fsp3) is 0.250. The van der Waals surface area contributed by atoms with Gasteiger partial charge in [0.15, 0.2) is 0 Å². The highest BCUT2D eigenvalue weighted by Crippen LogP contribution is 2.39. The summed E-state index contributed by atoms with van der Waals surface area (Å²) in [7, 11) is 0. The fourth-order valence-corrected chi connectivity index (χ4v) is 5.16. The highest BCUT2D eigenvalue weighted by molar-refractivity contribution is 9.10. The topological polar surface area (TPSA) is 12.0 Å². The number of halogens is 1. The van der Waals surface area contributed by atoms with E-state index in [1.165, 1.54) is 30.6 Å². The minimum atomic E-state index is 0.294. The Kier molecular flexibility index (Phi) is 4.26. The van der Waals surface area contributed by atoms with Gasteiger partial charge in [-0.1, -0.05) is 19.1 Å². The lowest BCUT2D eigenvalue weighted by Gasteiger charge is -2.17. The summed E-state index contributed by atoms with van der Waals surface area (Å²) in [5.41, 5.74) is 2.76. The summed E-state index contributed by atoms with van der Waals surface area (Å²) in [5, 5.41) is 9.47. The maximum atomic E-state index is 3.65. The number of rotatable bonds is 4. The average molecular weight is 366 g/mol. The van der Waals surface area contributed by atoms with Gasteiger partial charge in [-0.05, 0) is 68.8 Å². The van der Waals surface area contributed by atoms with E-state index in [4.69, 9.17) is 0 Å². The van der Waals surface area contributed by atoms with Crippen molar-refractivity contribution in [2.24, 2.45) is 0 Å². The van der Waals surface area contributed by atoms with Gasteiger partial charge in [-0.3, -0.25) is 0 Å². The van der Waals surface area contributed by atoms with Crippen LogP contribution in [0.15, 0.2) is 39.5 Å². The Labute approximate surface area is 135 Å². The van der Waals surface area contributed by atoms with Gasteiger partial charge in [0.05, 0.1) is 6.04 Å². The molecule has 2 heterocycles. The lowest BCUT2D eigenvalue weighted by molar-refractivity contribution is 0.642. The van der Waals surface area contributed by atoms with Gasteiger partial charge in [-0.2, -0.15) is 0 Å². The van der Waals surface area contributed by atoms with Crippen LogP contribution in [0.2, 0.25) is 0 Å². The first-order valence-corrected chi connectivity index (χ1v) is 9.20. The molecule has 0 spiro atoms. The molecule has 1 aromatic carbocycles. The molecule has 0 aliphatic carbocycles. The normalized spacial score (nSPS) is 12.9. The lowest BCUT2D eigenvalue weighted by Crippen LogP contribution is -2.21. The van der Waals surface area contributed by atoms with E-state index in [-0.39, 0.29) is 0 Å². The molecule has 1 atom stereocenters. The molecular weight excluding hydrogens is 350 g/mol. The first-order valence-electron chi connectivity index (χ1n) is 6.65. The standard InChI is InChI=1S/C16H16BrNS2/c1-3-18-14(15-10(2)7-8-19-15)12-9-20-16-11(12)5-4-6-13(16)17/h4-9,14,18H,3H2,1-2H3. The van der Waals surface area contributed by atoms with E-state index in [9.17, 15) is 0 Å². The van der Waals surface area contributed by atoms with E-state index in [2.05, 4.69) is 70.1 Å². The third-order valence-electron chi connectivity index (χ3n) is 3.46. The Morgan fingerprint density at radius 2 is 2.10 bits per heavy atom. The summed E-state index contributed by atoms with van der Waals surface area (Å²) in [4.78, 5) is 1.42. The number of benzene rings is 1. The second-order valence-electron chi connectivity index (χ2n) is 4.77. The Morgan fingerprint density at radius 1 is 1.25 bits per heavy atom. The van der Waals surface area contributed by atoms with Crippen molar-refractivity contribution in [2.75, 3.05) is 6.54 Å². The number of thiophene rings is 2. The first kappa shape index (κ1) is 14.3. The Bertz CT molecular complexity index is 729. The summed E-state index contributed by atoms with van der Waals surface area (Å²) >= 11 is 7.31. The summed E-state index contributed by atoms with van der Waals surface area (Å²) in [6, 6.07) is 8.95. The highest BCUT2D eigenvalue weighted by Gasteiger charge is 2.20. The second-order valence-corrected chi connectivity index (χ2v) is 7.45. The molecule has 0 fully saturated rings. The smallest absolute Gasteiger partial charge is 0.0687 e. The van der Waals surface area contributed by atoms with Crippen molar-refractivity contribution >= 4 is 48.7 Å². The molecule has 4 heteroatoms. The summed E-state index contributed by atoms with van der Waals surface area (Å²) in [6.45, 7) is 5.33. The minimum Gasteiger partial charge on any atom is -0.306 e. The molecule has 0 amide bonds. The maximum Gasteiger partial charge on any atom is 0.0687 e. The molecule has 0 bridgehead atoms. The van der Waals surface area contributed by atoms with Gasteiger partial charge in [-0.15, -0.1) is 22.7 Å². The van der Waals surface area contributed by atoms with Crippen molar-refractivity contribution in [1.29, 1.82) is 0 Å². The molecule has 3 rings (SSSR count). The molecule has 3 aromatic rings. The monoisotopic (exact) mass is 365 g/mol. The number of hydrogen-bond donors (Lipinski definition) is 1. The summed E-state index contributed by atoms with van der Waals surface area (Å²) in [6.07, 6.45) is 0. The van der Waals surface area contributed by atoms with Gasteiger partial charge in [0.2, 0.25) is 0 Å².